The largest absolute Gasteiger partial charge is 0.332 e. The number of carbonyl (C=O) groups is 1. The average molecular weight is 253 g/mol. The lowest BCUT2D eigenvalue weighted by Gasteiger charge is -2.34. The molecular weight excluding hydrogens is 234 g/mol. The molecule has 2 unspecified atom stereocenters. The number of carbonyl (C=O) groups excluding carboxylic acids is 1. The van der Waals surface area contributed by atoms with E-state index in [0.29, 0.717) is 0 Å². The maximum absolute atomic E-state index is 12.0. The molecule has 0 bridgehead atoms. The molecule has 1 amide bonds. The summed E-state index contributed by atoms with van der Waals surface area (Å²) >= 11 is 1.69. The van der Waals surface area contributed by atoms with E-state index in [1.807, 2.05) is 18.0 Å². The van der Waals surface area contributed by atoms with Crippen LogP contribution in [0.15, 0.2) is 6.20 Å². The molecule has 94 valence electrons. The molecule has 0 saturated carbocycles. The maximum atomic E-state index is 12.0. The van der Waals surface area contributed by atoms with Crippen molar-refractivity contribution in [2.45, 2.75) is 45.2 Å². The number of aryl methyl sites for hydroxylation is 1. The molecule has 0 radical (unpaired) electrons. The first-order chi connectivity index (χ1) is 8.13. The van der Waals surface area contributed by atoms with Crippen LogP contribution in [0.3, 0.4) is 0 Å². The number of likely N-dealkylation sites (tertiary alicyclic amines) is 1. The van der Waals surface area contributed by atoms with Crippen molar-refractivity contribution in [2.24, 2.45) is 5.73 Å². The second kappa shape index (κ2) is 5.14. The topological polar surface area (TPSA) is 59.2 Å². The van der Waals surface area contributed by atoms with Crippen LogP contribution < -0.4 is 5.73 Å². The van der Waals surface area contributed by atoms with Crippen molar-refractivity contribution < 1.29 is 4.79 Å². The fraction of sp³-hybridized carbons (Fsp3) is 0.667. The van der Waals surface area contributed by atoms with Crippen LogP contribution in [0, 0.1) is 0 Å². The Morgan fingerprint density at radius 2 is 2.47 bits per heavy atom. The summed E-state index contributed by atoms with van der Waals surface area (Å²) in [6.45, 7) is 4.95. The van der Waals surface area contributed by atoms with Crippen LogP contribution in [0.25, 0.3) is 0 Å². The molecule has 0 spiro atoms. The van der Waals surface area contributed by atoms with Gasteiger partial charge in [-0.1, -0.05) is 6.92 Å². The molecule has 17 heavy (non-hydrogen) atoms. The highest BCUT2D eigenvalue weighted by Crippen LogP contribution is 2.28. The van der Waals surface area contributed by atoms with Gasteiger partial charge in [-0.25, -0.2) is 4.98 Å². The molecule has 1 fully saturated rings. The minimum absolute atomic E-state index is 0.0548. The highest BCUT2D eigenvalue weighted by molar-refractivity contribution is 7.11. The summed E-state index contributed by atoms with van der Waals surface area (Å²) in [5.74, 6) is 0.0667. The summed E-state index contributed by atoms with van der Waals surface area (Å²) in [6, 6.07) is -0.268. The number of nitrogens with two attached hydrogens (primary N) is 1. The quantitative estimate of drug-likeness (QED) is 0.892. The van der Waals surface area contributed by atoms with Gasteiger partial charge in [0.15, 0.2) is 0 Å². The smallest absolute Gasteiger partial charge is 0.240 e. The highest BCUT2D eigenvalue weighted by atomic mass is 32.1. The van der Waals surface area contributed by atoms with Gasteiger partial charge in [0.2, 0.25) is 5.91 Å². The maximum Gasteiger partial charge on any atom is 0.240 e. The minimum Gasteiger partial charge on any atom is -0.332 e. The number of hydrogen-bond acceptors (Lipinski definition) is 4. The van der Waals surface area contributed by atoms with E-state index in [-0.39, 0.29) is 18.0 Å². The van der Waals surface area contributed by atoms with E-state index in [4.69, 9.17) is 5.73 Å². The van der Waals surface area contributed by atoms with Crippen LogP contribution in [-0.2, 0) is 11.2 Å². The van der Waals surface area contributed by atoms with E-state index in [0.717, 1.165) is 30.8 Å². The van der Waals surface area contributed by atoms with Crippen LogP contribution in [0.2, 0.25) is 0 Å². The Balaban J connectivity index is 2.13. The number of rotatable bonds is 3. The monoisotopic (exact) mass is 253 g/mol. The Morgan fingerprint density at radius 3 is 3.12 bits per heavy atom. The van der Waals surface area contributed by atoms with Gasteiger partial charge >= 0.3 is 0 Å². The lowest BCUT2D eigenvalue weighted by Crippen LogP contribution is -2.49. The molecule has 5 heteroatoms. The van der Waals surface area contributed by atoms with Crippen molar-refractivity contribution in [3.8, 4) is 0 Å². The summed E-state index contributed by atoms with van der Waals surface area (Å²) in [6.07, 6.45) is 4.70. The van der Waals surface area contributed by atoms with E-state index < -0.39 is 0 Å². The Kier molecular flexibility index (Phi) is 3.79. The molecular formula is C12H19N3OS. The van der Waals surface area contributed by atoms with Crippen molar-refractivity contribution in [3.63, 3.8) is 0 Å². The molecule has 4 nitrogen and oxygen atoms in total. The van der Waals surface area contributed by atoms with Crippen molar-refractivity contribution >= 4 is 17.2 Å². The summed E-state index contributed by atoms with van der Waals surface area (Å²) in [4.78, 5) is 19.5. The Bertz CT molecular complexity index is 404. The number of piperidine rings is 1. The van der Waals surface area contributed by atoms with Gasteiger partial charge in [-0.3, -0.25) is 4.79 Å². The molecule has 1 aromatic rings. The zero-order valence-electron chi connectivity index (χ0n) is 10.3. The lowest BCUT2D eigenvalue weighted by molar-refractivity contribution is -0.137. The predicted molar refractivity (Wildman–Crippen MR) is 68.8 cm³/mol. The summed E-state index contributed by atoms with van der Waals surface area (Å²) in [5, 5.41) is 1.02. The summed E-state index contributed by atoms with van der Waals surface area (Å²) in [7, 11) is 0. The van der Waals surface area contributed by atoms with Gasteiger partial charge in [-0.05, 0) is 26.2 Å². The zero-order valence-corrected chi connectivity index (χ0v) is 11.2. The zero-order chi connectivity index (χ0) is 12.4. The summed E-state index contributed by atoms with van der Waals surface area (Å²) in [5.41, 5.74) is 5.81. The molecule has 1 saturated heterocycles. The molecule has 0 aromatic carbocycles. The Hall–Kier alpha value is -0.940. The van der Waals surface area contributed by atoms with Crippen LogP contribution in [0.1, 0.15) is 42.6 Å². The van der Waals surface area contributed by atoms with Crippen LogP contribution >= 0.6 is 11.3 Å². The SMILES string of the molecule is CCc1cnc(C(C)N2CCCC(N)C2=O)s1. The second-order valence-electron chi connectivity index (χ2n) is 4.47. The van der Waals surface area contributed by atoms with E-state index in [1.54, 1.807) is 11.3 Å². The van der Waals surface area contributed by atoms with Gasteiger partial charge in [0.25, 0.3) is 0 Å². The lowest BCUT2D eigenvalue weighted by atomic mass is 10.0. The average Bonchev–Trinajstić information content (AvgIpc) is 2.80. The molecule has 0 aliphatic carbocycles. The van der Waals surface area contributed by atoms with Gasteiger partial charge in [-0.15, -0.1) is 11.3 Å². The number of nitrogens with zero attached hydrogens (tertiary/aromatic N) is 2. The standard InChI is InChI=1S/C12H19N3OS/c1-3-9-7-14-11(17-9)8(2)15-6-4-5-10(13)12(15)16/h7-8,10H,3-6,13H2,1-2H3. The number of thiazole rings is 1. The minimum atomic E-state index is -0.322. The predicted octanol–water partition coefficient (Wildman–Crippen LogP) is 1.72. The van der Waals surface area contributed by atoms with Crippen molar-refractivity contribution in [2.75, 3.05) is 6.54 Å². The molecule has 2 rings (SSSR count). The molecule has 1 aliphatic heterocycles. The number of aromatic nitrogens is 1. The van der Waals surface area contributed by atoms with Crippen molar-refractivity contribution in [3.05, 3.63) is 16.1 Å². The van der Waals surface area contributed by atoms with Gasteiger partial charge in [0.05, 0.1) is 12.1 Å². The Labute approximate surface area is 106 Å². The van der Waals surface area contributed by atoms with Crippen LogP contribution in [0.4, 0.5) is 0 Å². The fourth-order valence-corrected chi connectivity index (χ4v) is 3.05. The third-order valence-corrected chi connectivity index (χ3v) is 4.57. The first-order valence-corrected chi connectivity index (χ1v) is 6.95. The second-order valence-corrected chi connectivity index (χ2v) is 5.62. The van der Waals surface area contributed by atoms with E-state index in [2.05, 4.69) is 11.9 Å². The van der Waals surface area contributed by atoms with E-state index in [1.165, 1.54) is 4.88 Å². The van der Waals surface area contributed by atoms with Crippen molar-refractivity contribution in [1.29, 1.82) is 0 Å². The summed E-state index contributed by atoms with van der Waals surface area (Å²) < 4.78 is 0. The fourth-order valence-electron chi connectivity index (χ4n) is 2.13. The highest BCUT2D eigenvalue weighted by Gasteiger charge is 2.30. The van der Waals surface area contributed by atoms with Crippen molar-refractivity contribution in [1.82, 2.24) is 9.88 Å². The Morgan fingerprint density at radius 1 is 1.71 bits per heavy atom. The van der Waals surface area contributed by atoms with Gasteiger partial charge in [0, 0.05) is 17.6 Å². The molecule has 2 heterocycles. The normalized spacial score (nSPS) is 22.9. The molecule has 2 N–H and O–H groups in total. The van der Waals surface area contributed by atoms with Gasteiger partial charge in [0.1, 0.15) is 5.01 Å². The van der Waals surface area contributed by atoms with Gasteiger partial charge < -0.3 is 10.6 Å². The van der Waals surface area contributed by atoms with Crippen LogP contribution in [0.5, 0.6) is 0 Å². The number of amides is 1. The molecule has 2 atom stereocenters. The third kappa shape index (κ3) is 2.50. The molecule has 1 aromatic heterocycles. The third-order valence-electron chi connectivity index (χ3n) is 3.26. The van der Waals surface area contributed by atoms with E-state index >= 15 is 0 Å². The first kappa shape index (κ1) is 12.5. The molecule has 1 aliphatic rings. The first-order valence-electron chi connectivity index (χ1n) is 6.14. The number of hydrogen-bond donors (Lipinski definition) is 1. The van der Waals surface area contributed by atoms with Crippen LogP contribution in [-0.4, -0.2) is 28.4 Å². The van der Waals surface area contributed by atoms with Gasteiger partial charge in [-0.2, -0.15) is 0 Å². The van der Waals surface area contributed by atoms with E-state index in [9.17, 15) is 4.79 Å².